The van der Waals surface area contributed by atoms with Crippen LogP contribution < -0.4 is 0 Å². The molecule has 7 nitrogen and oxygen atoms in total. The van der Waals surface area contributed by atoms with Gasteiger partial charge in [0.2, 0.25) is 0 Å². The molecule has 0 radical (unpaired) electrons. The third kappa shape index (κ3) is 2.55. The van der Waals surface area contributed by atoms with Crippen molar-refractivity contribution in [2.24, 2.45) is 0 Å². The first-order valence-corrected chi connectivity index (χ1v) is 7.97. The van der Waals surface area contributed by atoms with Gasteiger partial charge in [0.05, 0.1) is 23.2 Å². The number of aryl methyl sites for hydroxylation is 2. The Kier molecular flexibility index (Phi) is 3.37. The average molecular weight is 326 g/mol. The van der Waals surface area contributed by atoms with Gasteiger partial charge in [-0.25, -0.2) is 4.98 Å². The highest BCUT2D eigenvalue weighted by molar-refractivity contribution is 6.05. The number of amides is 1. The molecule has 0 aliphatic heterocycles. The molecule has 0 saturated heterocycles. The van der Waals surface area contributed by atoms with Crippen LogP contribution in [0.1, 0.15) is 52.0 Å². The zero-order chi connectivity index (χ0) is 16.8. The summed E-state index contributed by atoms with van der Waals surface area (Å²) < 4.78 is 10.4. The monoisotopic (exact) mass is 326 g/mol. The van der Waals surface area contributed by atoms with Gasteiger partial charge in [-0.15, -0.1) is 0 Å². The number of nitrogens with zero attached hydrogens (tertiary/aromatic N) is 4. The van der Waals surface area contributed by atoms with Crippen molar-refractivity contribution in [3.8, 4) is 0 Å². The number of carbonyl (C=O) groups is 1. The highest BCUT2D eigenvalue weighted by Crippen LogP contribution is 2.40. The molecule has 124 valence electrons. The molecule has 1 aliphatic rings. The second kappa shape index (κ2) is 5.43. The number of fused-ring (bicyclic) bond motifs is 1. The van der Waals surface area contributed by atoms with Crippen molar-refractivity contribution >= 4 is 17.0 Å². The summed E-state index contributed by atoms with van der Waals surface area (Å²) in [5.41, 5.74) is 3.33. The lowest BCUT2D eigenvalue weighted by molar-refractivity contribution is 0.0784. The first-order chi connectivity index (χ1) is 11.5. The second-order valence-electron chi connectivity index (χ2n) is 6.41. The summed E-state index contributed by atoms with van der Waals surface area (Å²) in [7, 11) is 1.75. The van der Waals surface area contributed by atoms with E-state index in [1.807, 2.05) is 26.0 Å². The number of hydrogen-bond donors (Lipinski definition) is 0. The minimum atomic E-state index is -0.101. The second-order valence-corrected chi connectivity index (χ2v) is 6.41. The molecule has 1 aliphatic carbocycles. The molecule has 1 fully saturated rings. The minimum absolute atomic E-state index is 0.101. The van der Waals surface area contributed by atoms with Crippen LogP contribution in [0, 0.1) is 13.8 Å². The molecule has 1 saturated carbocycles. The summed E-state index contributed by atoms with van der Waals surface area (Å²) in [5, 5.41) is 8.60. The van der Waals surface area contributed by atoms with Crippen LogP contribution in [0.4, 0.5) is 0 Å². The molecule has 24 heavy (non-hydrogen) atoms. The number of rotatable bonds is 4. The van der Waals surface area contributed by atoms with Crippen LogP contribution >= 0.6 is 0 Å². The number of pyridine rings is 1. The van der Waals surface area contributed by atoms with E-state index in [-0.39, 0.29) is 5.91 Å². The lowest BCUT2D eigenvalue weighted by Gasteiger charge is -2.16. The van der Waals surface area contributed by atoms with E-state index in [1.54, 1.807) is 11.9 Å². The van der Waals surface area contributed by atoms with Crippen LogP contribution in [-0.4, -0.2) is 33.2 Å². The van der Waals surface area contributed by atoms with Crippen molar-refractivity contribution in [1.29, 1.82) is 0 Å². The smallest absolute Gasteiger partial charge is 0.259 e. The van der Waals surface area contributed by atoms with Gasteiger partial charge in [0.15, 0.2) is 0 Å². The summed E-state index contributed by atoms with van der Waals surface area (Å²) in [6, 6.07) is 3.71. The Morgan fingerprint density at radius 1 is 1.25 bits per heavy atom. The van der Waals surface area contributed by atoms with Crippen LogP contribution in [0.15, 0.2) is 21.2 Å². The summed E-state index contributed by atoms with van der Waals surface area (Å²) in [4.78, 5) is 19.1. The van der Waals surface area contributed by atoms with E-state index in [0.29, 0.717) is 34.8 Å². The molecule has 0 spiro atoms. The zero-order valence-corrected chi connectivity index (χ0v) is 13.9. The molecule has 7 heteroatoms. The molecule has 3 heterocycles. The summed E-state index contributed by atoms with van der Waals surface area (Å²) in [5.74, 6) is 1.05. The van der Waals surface area contributed by atoms with Gasteiger partial charge >= 0.3 is 0 Å². The maximum absolute atomic E-state index is 13.0. The predicted molar refractivity (Wildman–Crippen MR) is 85.6 cm³/mol. The summed E-state index contributed by atoms with van der Waals surface area (Å²) in [6.07, 6.45) is 2.21. The van der Waals surface area contributed by atoms with E-state index < -0.39 is 0 Å². The van der Waals surface area contributed by atoms with Crippen molar-refractivity contribution < 1.29 is 13.8 Å². The Balaban J connectivity index is 1.71. The SMILES string of the molecule is Cc1cc(CN(C)C(=O)c2cc(C3CC3)nc3onc(C)c23)no1. The Hall–Kier alpha value is -2.70. The van der Waals surface area contributed by atoms with Crippen LogP contribution in [0.25, 0.3) is 11.1 Å². The van der Waals surface area contributed by atoms with Crippen molar-refractivity contribution in [2.45, 2.75) is 39.2 Å². The van der Waals surface area contributed by atoms with E-state index >= 15 is 0 Å². The van der Waals surface area contributed by atoms with E-state index in [9.17, 15) is 4.79 Å². The van der Waals surface area contributed by atoms with Gasteiger partial charge in [-0.3, -0.25) is 4.79 Å². The molecular weight excluding hydrogens is 308 g/mol. The Morgan fingerprint density at radius 2 is 2.04 bits per heavy atom. The maximum atomic E-state index is 13.0. The topological polar surface area (TPSA) is 85.3 Å². The summed E-state index contributed by atoms with van der Waals surface area (Å²) >= 11 is 0. The lowest BCUT2D eigenvalue weighted by atomic mass is 10.1. The summed E-state index contributed by atoms with van der Waals surface area (Å²) in [6.45, 7) is 4.03. The van der Waals surface area contributed by atoms with Gasteiger partial charge < -0.3 is 13.9 Å². The Morgan fingerprint density at radius 3 is 2.71 bits per heavy atom. The highest BCUT2D eigenvalue weighted by atomic mass is 16.5. The standard InChI is InChI=1S/C17H18N4O3/c1-9-6-12(20-23-9)8-21(3)17(22)13-7-14(11-4-5-11)18-16-15(13)10(2)19-24-16/h6-7,11H,4-5,8H2,1-3H3. The van der Waals surface area contributed by atoms with E-state index in [1.165, 1.54) is 0 Å². The molecule has 0 aromatic carbocycles. The third-order valence-corrected chi connectivity index (χ3v) is 4.29. The fourth-order valence-electron chi connectivity index (χ4n) is 2.88. The van der Waals surface area contributed by atoms with Gasteiger partial charge in [-0.05, 0) is 32.8 Å². The van der Waals surface area contributed by atoms with Gasteiger partial charge in [0.25, 0.3) is 11.6 Å². The van der Waals surface area contributed by atoms with Crippen molar-refractivity contribution in [3.05, 3.63) is 40.5 Å². The average Bonchev–Trinajstić information content (AvgIpc) is 3.25. The van der Waals surface area contributed by atoms with Crippen LogP contribution in [0.3, 0.4) is 0 Å². The molecule has 0 atom stereocenters. The minimum Gasteiger partial charge on any atom is -0.361 e. The van der Waals surface area contributed by atoms with Gasteiger partial charge in [-0.1, -0.05) is 10.3 Å². The van der Waals surface area contributed by atoms with Crippen molar-refractivity contribution in [2.75, 3.05) is 7.05 Å². The molecule has 3 aromatic rings. The third-order valence-electron chi connectivity index (χ3n) is 4.29. The highest BCUT2D eigenvalue weighted by Gasteiger charge is 2.29. The van der Waals surface area contributed by atoms with Gasteiger partial charge in [0, 0.05) is 24.7 Å². The molecule has 1 amide bonds. The quantitative estimate of drug-likeness (QED) is 0.732. The first kappa shape index (κ1) is 14.9. The van der Waals surface area contributed by atoms with E-state index in [0.717, 1.165) is 30.0 Å². The van der Waals surface area contributed by atoms with Crippen LogP contribution in [-0.2, 0) is 6.54 Å². The zero-order valence-electron chi connectivity index (χ0n) is 13.9. The predicted octanol–water partition coefficient (Wildman–Crippen LogP) is 2.98. The number of carbonyl (C=O) groups excluding carboxylic acids is 1. The maximum Gasteiger partial charge on any atom is 0.259 e. The lowest BCUT2D eigenvalue weighted by Crippen LogP contribution is -2.26. The van der Waals surface area contributed by atoms with Crippen molar-refractivity contribution in [1.82, 2.24) is 20.2 Å². The van der Waals surface area contributed by atoms with E-state index in [4.69, 9.17) is 9.05 Å². The van der Waals surface area contributed by atoms with Crippen LogP contribution in [0.2, 0.25) is 0 Å². The van der Waals surface area contributed by atoms with Gasteiger partial charge in [-0.2, -0.15) is 0 Å². The molecule has 0 unspecified atom stereocenters. The van der Waals surface area contributed by atoms with Crippen molar-refractivity contribution in [3.63, 3.8) is 0 Å². The Bertz CT molecular complexity index is 923. The fraction of sp³-hybridized carbons (Fsp3) is 0.412. The van der Waals surface area contributed by atoms with E-state index in [2.05, 4.69) is 15.3 Å². The number of hydrogen-bond acceptors (Lipinski definition) is 6. The molecule has 0 N–H and O–H groups in total. The molecule has 0 bridgehead atoms. The Labute approximate surface area is 138 Å². The largest absolute Gasteiger partial charge is 0.361 e. The fourth-order valence-corrected chi connectivity index (χ4v) is 2.88. The first-order valence-electron chi connectivity index (χ1n) is 7.97. The normalized spacial score (nSPS) is 14.3. The molecule has 3 aromatic heterocycles. The number of aromatic nitrogens is 3. The van der Waals surface area contributed by atoms with Crippen LogP contribution in [0.5, 0.6) is 0 Å². The molecular formula is C17H18N4O3. The molecule has 4 rings (SSSR count). The van der Waals surface area contributed by atoms with Gasteiger partial charge in [0.1, 0.15) is 11.5 Å².